The van der Waals surface area contributed by atoms with Crippen LogP contribution in [0, 0.1) is 13.8 Å². The average Bonchev–Trinajstić information content (AvgIpc) is 2.68. The Labute approximate surface area is 179 Å². The molecule has 1 N–H and O–H groups in total. The van der Waals surface area contributed by atoms with Gasteiger partial charge in [0.15, 0.2) is 0 Å². The Balaban J connectivity index is 2.23. The molecule has 164 valence electrons. The van der Waals surface area contributed by atoms with E-state index in [9.17, 15) is 13.2 Å². The van der Waals surface area contributed by atoms with Crippen LogP contribution < -0.4 is 14.4 Å². The summed E-state index contributed by atoms with van der Waals surface area (Å²) in [5.74, 6) is 0.376. The van der Waals surface area contributed by atoms with Crippen molar-refractivity contribution >= 4 is 21.8 Å². The van der Waals surface area contributed by atoms with Gasteiger partial charge in [-0.1, -0.05) is 24.3 Å². The van der Waals surface area contributed by atoms with Crippen molar-refractivity contribution in [3.63, 3.8) is 0 Å². The molecular weight excluding hydrogens is 402 g/mol. The van der Waals surface area contributed by atoms with Crippen LogP contribution in [0.4, 0.5) is 5.69 Å². The Morgan fingerprint density at radius 3 is 2.30 bits per heavy atom. The molecule has 1 atom stereocenters. The number of amides is 1. The van der Waals surface area contributed by atoms with Gasteiger partial charge in [0.05, 0.1) is 18.3 Å². The van der Waals surface area contributed by atoms with Gasteiger partial charge in [0.2, 0.25) is 5.91 Å². The van der Waals surface area contributed by atoms with Crippen molar-refractivity contribution in [3.05, 3.63) is 59.2 Å². The third-order valence-corrected chi connectivity index (χ3v) is 6.53. The number of rotatable bonds is 9. The molecule has 0 saturated carbocycles. The maximum absolute atomic E-state index is 12.9. The highest BCUT2D eigenvalue weighted by Crippen LogP contribution is 2.25. The normalized spacial score (nSPS) is 12.5. The molecule has 0 aromatic heterocycles. The van der Waals surface area contributed by atoms with E-state index in [-0.39, 0.29) is 18.5 Å². The predicted molar refractivity (Wildman–Crippen MR) is 120 cm³/mol. The Morgan fingerprint density at radius 2 is 1.73 bits per heavy atom. The number of anilines is 1. The zero-order chi connectivity index (χ0) is 22.5. The van der Waals surface area contributed by atoms with Crippen LogP contribution in [-0.4, -0.2) is 45.9 Å². The van der Waals surface area contributed by atoms with Gasteiger partial charge in [-0.05, 0) is 62.6 Å². The van der Waals surface area contributed by atoms with Gasteiger partial charge in [-0.2, -0.15) is 12.7 Å². The smallest absolute Gasteiger partial charge is 0.304 e. The van der Waals surface area contributed by atoms with E-state index in [1.54, 1.807) is 6.07 Å². The Morgan fingerprint density at radius 1 is 1.10 bits per heavy atom. The minimum Gasteiger partial charge on any atom is -0.494 e. The lowest BCUT2D eigenvalue weighted by molar-refractivity contribution is -0.120. The van der Waals surface area contributed by atoms with Gasteiger partial charge >= 0.3 is 10.2 Å². The largest absolute Gasteiger partial charge is 0.494 e. The fraction of sp³-hybridized carbons (Fsp3) is 0.409. The Hall–Kier alpha value is -2.58. The highest BCUT2D eigenvalue weighted by molar-refractivity contribution is 7.90. The fourth-order valence-corrected chi connectivity index (χ4v) is 4.12. The lowest BCUT2D eigenvalue weighted by atomic mass is 10.1. The van der Waals surface area contributed by atoms with Crippen molar-refractivity contribution < 1.29 is 17.9 Å². The van der Waals surface area contributed by atoms with Crippen LogP contribution in [0.5, 0.6) is 5.75 Å². The molecule has 2 aromatic carbocycles. The lowest BCUT2D eigenvalue weighted by Crippen LogP contribution is -2.46. The molecule has 0 aliphatic heterocycles. The zero-order valence-electron chi connectivity index (χ0n) is 18.5. The summed E-state index contributed by atoms with van der Waals surface area (Å²) < 4.78 is 33.6. The zero-order valence-corrected chi connectivity index (χ0v) is 19.3. The molecule has 2 aromatic rings. The SMILES string of the molecule is CCOc1ccc([C@H](C)NC(=O)CN(c2cc(C)ccc2C)S(=O)(=O)N(C)C)cc1. The first-order valence-electron chi connectivity index (χ1n) is 9.85. The molecule has 30 heavy (non-hydrogen) atoms. The summed E-state index contributed by atoms with van der Waals surface area (Å²) >= 11 is 0. The molecule has 0 spiro atoms. The van der Waals surface area contributed by atoms with Gasteiger partial charge in [0, 0.05) is 14.1 Å². The van der Waals surface area contributed by atoms with Crippen molar-refractivity contribution in [2.75, 3.05) is 31.6 Å². The topological polar surface area (TPSA) is 79.0 Å². The Bertz CT molecular complexity index is 972. The number of carbonyl (C=O) groups excluding carboxylic acids is 1. The molecule has 0 fully saturated rings. The van der Waals surface area contributed by atoms with Crippen LogP contribution >= 0.6 is 0 Å². The predicted octanol–water partition coefficient (Wildman–Crippen LogP) is 3.19. The van der Waals surface area contributed by atoms with Crippen molar-refractivity contribution in [1.29, 1.82) is 0 Å². The summed E-state index contributed by atoms with van der Waals surface area (Å²) in [5.41, 5.74) is 3.09. The van der Waals surface area contributed by atoms with E-state index in [0.717, 1.165) is 31.1 Å². The maximum atomic E-state index is 12.9. The first kappa shape index (κ1) is 23.7. The summed E-state index contributed by atoms with van der Waals surface area (Å²) in [6.07, 6.45) is 0. The average molecular weight is 434 g/mol. The molecule has 0 heterocycles. The van der Waals surface area contributed by atoms with Crippen LogP contribution in [0.1, 0.15) is 36.6 Å². The van der Waals surface area contributed by atoms with Gasteiger partial charge in [-0.15, -0.1) is 0 Å². The van der Waals surface area contributed by atoms with E-state index < -0.39 is 10.2 Å². The number of hydrogen-bond acceptors (Lipinski definition) is 4. The van der Waals surface area contributed by atoms with Crippen molar-refractivity contribution in [1.82, 2.24) is 9.62 Å². The molecule has 0 saturated heterocycles. The first-order chi connectivity index (χ1) is 14.1. The number of hydrogen-bond donors (Lipinski definition) is 1. The van der Waals surface area contributed by atoms with E-state index in [1.807, 2.05) is 64.1 Å². The van der Waals surface area contributed by atoms with Gasteiger partial charge in [-0.3, -0.25) is 4.79 Å². The minimum absolute atomic E-state index is 0.282. The quantitative estimate of drug-likeness (QED) is 0.659. The fourth-order valence-electron chi connectivity index (χ4n) is 3.00. The van der Waals surface area contributed by atoms with E-state index in [0.29, 0.717) is 12.3 Å². The van der Waals surface area contributed by atoms with Crippen molar-refractivity contribution in [3.8, 4) is 5.75 Å². The summed E-state index contributed by atoms with van der Waals surface area (Å²) in [7, 11) is -0.945. The van der Waals surface area contributed by atoms with Gasteiger partial charge in [-0.25, -0.2) is 4.31 Å². The van der Waals surface area contributed by atoms with Crippen LogP contribution in [-0.2, 0) is 15.0 Å². The van der Waals surface area contributed by atoms with Crippen molar-refractivity contribution in [2.24, 2.45) is 0 Å². The van der Waals surface area contributed by atoms with Gasteiger partial charge in [0.25, 0.3) is 0 Å². The molecule has 0 radical (unpaired) electrons. The number of benzene rings is 2. The third-order valence-electron chi connectivity index (χ3n) is 4.73. The van der Waals surface area contributed by atoms with Crippen LogP contribution in [0.3, 0.4) is 0 Å². The molecule has 7 nitrogen and oxygen atoms in total. The molecule has 1 amide bonds. The van der Waals surface area contributed by atoms with Gasteiger partial charge in [0.1, 0.15) is 12.3 Å². The summed E-state index contributed by atoms with van der Waals surface area (Å²) in [5, 5.41) is 2.89. The minimum atomic E-state index is -3.85. The summed E-state index contributed by atoms with van der Waals surface area (Å²) in [4.78, 5) is 12.8. The monoisotopic (exact) mass is 433 g/mol. The van der Waals surface area contributed by atoms with Crippen molar-refractivity contribution in [2.45, 2.75) is 33.7 Å². The molecular formula is C22H31N3O4S. The number of ether oxygens (including phenoxy) is 1. The number of aryl methyl sites for hydroxylation is 2. The second kappa shape index (κ2) is 9.95. The first-order valence-corrected chi connectivity index (χ1v) is 11.3. The van der Waals surface area contributed by atoms with E-state index in [4.69, 9.17) is 4.74 Å². The van der Waals surface area contributed by atoms with E-state index in [2.05, 4.69) is 5.32 Å². The summed E-state index contributed by atoms with van der Waals surface area (Å²) in [6.45, 7) is 7.76. The molecule has 2 rings (SSSR count). The Kier molecular flexibility index (Phi) is 7.86. The molecule has 0 unspecified atom stereocenters. The number of nitrogens with one attached hydrogen (secondary N) is 1. The second-order valence-electron chi connectivity index (χ2n) is 7.38. The van der Waals surface area contributed by atoms with Crippen LogP contribution in [0.25, 0.3) is 0 Å². The number of nitrogens with zero attached hydrogens (tertiary/aromatic N) is 2. The third kappa shape index (κ3) is 5.73. The molecule has 0 aliphatic rings. The molecule has 8 heteroatoms. The molecule has 0 bridgehead atoms. The number of carbonyl (C=O) groups is 1. The molecule has 0 aliphatic carbocycles. The lowest BCUT2D eigenvalue weighted by Gasteiger charge is -2.29. The highest BCUT2D eigenvalue weighted by Gasteiger charge is 2.29. The maximum Gasteiger partial charge on any atom is 0.304 e. The van der Waals surface area contributed by atoms with Crippen LogP contribution in [0.15, 0.2) is 42.5 Å². The highest BCUT2D eigenvalue weighted by atomic mass is 32.2. The van der Waals surface area contributed by atoms with E-state index >= 15 is 0 Å². The summed E-state index contributed by atoms with van der Waals surface area (Å²) in [6, 6.07) is 12.7. The second-order valence-corrected chi connectivity index (χ2v) is 9.44. The van der Waals surface area contributed by atoms with Gasteiger partial charge < -0.3 is 10.1 Å². The van der Waals surface area contributed by atoms with Crippen LogP contribution in [0.2, 0.25) is 0 Å². The van der Waals surface area contributed by atoms with E-state index in [1.165, 1.54) is 14.1 Å². The standard InChI is InChI=1S/C22H31N3O4S/c1-7-29-20-12-10-19(11-13-20)18(4)23-22(26)15-25(30(27,28)24(5)6)21-14-16(2)8-9-17(21)3/h8-14,18H,7,15H2,1-6H3,(H,23,26)/t18-/m0/s1.